The molecule has 4 nitrogen and oxygen atoms in total. The molecule has 0 saturated carbocycles. The second-order valence-electron chi connectivity index (χ2n) is 4.21. The minimum Gasteiger partial charge on any atom is -0.339 e. The van der Waals surface area contributed by atoms with E-state index in [-0.39, 0.29) is 0 Å². The van der Waals surface area contributed by atoms with Crippen molar-refractivity contribution >= 4 is 27.4 Å². The van der Waals surface area contributed by atoms with E-state index in [0.29, 0.717) is 11.6 Å². The Balaban J connectivity index is 2.18. The summed E-state index contributed by atoms with van der Waals surface area (Å²) >= 11 is 3.36. The topological polar surface area (TPSA) is 53.6 Å². The van der Waals surface area contributed by atoms with Crippen LogP contribution in [0.5, 0.6) is 0 Å². The summed E-state index contributed by atoms with van der Waals surface area (Å²) in [6.07, 6.45) is 1.94. The zero-order valence-corrected chi connectivity index (χ0v) is 11.8. The molecule has 0 aliphatic carbocycles. The fraction of sp³-hybridized carbons (Fsp3) is 0.231. The highest BCUT2D eigenvalue weighted by Crippen LogP contribution is 2.23. The van der Waals surface area contributed by atoms with Crippen LogP contribution in [0.3, 0.4) is 0 Å². The van der Waals surface area contributed by atoms with Crippen LogP contribution in [0.25, 0.3) is 0 Å². The Labute approximate surface area is 114 Å². The van der Waals surface area contributed by atoms with Gasteiger partial charge in [0.1, 0.15) is 6.07 Å². The van der Waals surface area contributed by atoms with Gasteiger partial charge in [-0.15, -0.1) is 0 Å². The molecule has 5 heteroatoms. The predicted octanol–water partition coefficient (Wildman–Crippen LogP) is 3.84. The number of nitrogens with one attached hydrogen (secondary N) is 1. The maximum Gasteiger partial charge on any atom is 0.152 e. The number of nitrogens with zero attached hydrogens (tertiary/aromatic N) is 3. The Morgan fingerprint density at radius 3 is 2.72 bits per heavy atom. The minimum absolute atomic E-state index is 0.341. The van der Waals surface area contributed by atoms with Gasteiger partial charge in [0, 0.05) is 28.5 Å². The Bertz CT molecular complexity index is 595. The van der Waals surface area contributed by atoms with Crippen molar-refractivity contribution < 1.29 is 0 Å². The van der Waals surface area contributed by atoms with Crippen molar-refractivity contribution in [3.8, 4) is 6.07 Å². The fourth-order valence-corrected chi connectivity index (χ4v) is 1.99. The van der Waals surface area contributed by atoms with E-state index in [1.807, 2.05) is 29.1 Å². The molecule has 18 heavy (non-hydrogen) atoms. The second kappa shape index (κ2) is 5.23. The van der Waals surface area contributed by atoms with Crippen molar-refractivity contribution in [1.29, 1.82) is 5.26 Å². The number of hydrogen-bond donors (Lipinski definition) is 1. The summed E-state index contributed by atoms with van der Waals surface area (Å²) < 4.78 is 2.67. The first-order valence-corrected chi connectivity index (χ1v) is 6.41. The standard InChI is InChI=1S/C13H13BrN4/c1-9(2)18-6-5-13(17-18)16-11-4-3-10(8-15)12(14)7-11/h3-7,9H,1-2H3,(H,16,17). The number of benzene rings is 1. The summed E-state index contributed by atoms with van der Waals surface area (Å²) in [5, 5.41) is 16.4. The molecule has 0 aliphatic heterocycles. The lowest BCUT2D eigenvalue weighted by Crippen LogP contribution is -2.01. The molecule has 0 spiro atoms. The smallest absolute Gasteiger partial charge is 0.152 e. The highest BCUT2D eigenvalue weighted by Gasteiger charge is 2.04. The van der Waals surface area contributed by atoms with E-state index in [9.17, 15) is 0 Å². The first-order chi connectivity index (χ1) is 8.60. The van der Waals surface area contributed by atoms with Crippen molar-refractivity contribution in [1.82, 2.24) is 9.78 Å². The van der Waals surface area contributed by atoms with E-state index in [0.717, 1.165) is 16.0 Å². The quantitative estimate of drug-likeness (QED) is 0.937. The first-order valence-electron chi connectivity index (χ1n) is 5.62. The molecule has 1 aromatic carbocycles. The Kier molecular flexibility index (Phi) is 3.68. The summed E-state index contributed by atoms with van der Waals surface area (Å²) in [6, 6.07) is 9.87. The van der Waals surface area contributed by atoms with Crippen LogP contribution in [0.15, 0.2) is 34.9 Å². The number of rotatable bonds is 3. The molecule has 92 valence electrons. The third kappa shape index (κ3) is 2.71. The molecule has 0 radical (unpaired) electrons. The normalized spacial score (nSPS) is 10.4. The molecular formula is C13H13BrN4. The van der Waals surface area contributed by atoms with Gasteiger partial charge in [-0.05, 0) is 48.0 Å². The lowest BCUT2D eigenvalue weighted by Gasteiger charge is -2.06. The predicted molar refractivity (Wildman–Crippen MR) is 74.8 cm³/mol. The molecule has 0 aliphatic rings. The zero-order valence-electron chi connectivity index (χ0n) is 10.2. The Morgan fingerprint density at radius 1 is 1.39 bits per heavy atom. The molecule has 2 aromatic rings. The molecule has 0 bridgehead atoms. The first kappa shape index (κ1) is 12.7. The fourth-order valence-electron chi connectivity index (χ4n) is 1.52. The molecule has 1 N–H and O–H groups in total. The van der Waals surface area contributed by atoms with Crippen LogP contribution < -0.4 is 5.32 Å². The lowest BCUT2D eigenvalue weighted by atomic mass is 10.2. The van der Waals surface area contributed by atoms with Gasteiger partial charge in [0.05, 0.1) is 5.56 Å². The summed E-state index contributed by atoms with van der Waals surface area (Å²) in [7, 11) is 0. The van der Waals surface area contributed by atoms with Gasteiger partial charge in [-0.2, -0.15) is 10.4 Å². The average molecular weight is 305 g/mol. The van der Waals surface area contributed by atoms with Crippen LogP contribution in [0.1, 0.15) is 25.5 Å². The van der Waals surface area contributed by atoms with Crippen LogP contribution in [0, 0.1) is 11.3 Å². The molecule has 1 aromatic heterocycles. The van der Waals surface area contributed by atoms with E-state index in [4.69, 9.17) is 5.26 Å². The Morgan fingerprint density at radius 2 is 2.17 bits per heavy atom. The van der Waals surface area contributed by atoms with Gasteiger partial charge in [-0.3, -0.25) is 4.68 Å². The lowest BCUT2D eigenvalue weighted by molar-refractivity contribution is 0.534. The van der Waals surface area contributed by atoms with Gasteiger partial charge >= 0.3 is 0 Å². The van der Waals surface area contributed by atoms with E-state index in [2.05, 4.69) is 46.3 Å². The van der Waals surface area contributed by atoms with Crippen LogP contribution in [-0.4, -0.2) is 9.78 Å². The number of nitriles is 1. The SMILES string of the molecule is CC(C)n1ccc(Nc2ccc(C#N)c(Br)c2)n1. The van der Waals surface area contributed by atoms with Gasteiger partial charge in [0.2, 0.25) is 0 Å². The van der Waals surface area contributed by atoms with Crippen molar-refractivity contribution in [2.45, 2.75) is 19.9 Å². The summed E-state index contributed by atoms with van der Waals surface area (Å²) in [6.45, 7) is 4.16. The summed E-state index contributed by atoms with van der Waals surface area (Å²) in [5.74, 6) is 0.792. The van der Waals surface area contributed by atoms with Crippen molar-refractivity contribution in [3.63, 3.8) is 0 Å². The molecule has 1 heterocycles. The van der Waals surface area contributed by atoms with Crippen molar-refractivity contribution in [2.24, 2.45) is 0 Å². The molecule has 0 atom stereocenters. The van der Waals surface area contributed by atoms with Crippen LogP contribution in [0.2, 0.25) is 0 Å². The minimum atomic E-state index is 0.341. The largest absolute Gasteiger partial charge is 0.339 e. The van der Waals surface area contributed by atoms with Gasteiger partial charge < -0.3 is 5.32 Å². The third-order valence-corrected chi connectivity index (χ3v) is 3.16. The molecule has 2 rings (SSSR count). The number of halogens is 1. The Hall–Kier alpha value is -1.80. The van der Waals surface area contributed by atoms with Crippen molar-refractivity contribution in [2.75, 3.05) is 5.32 Å². The second-order valence-corrected chi connectivity index (χ2v) is 5.06. The maximum absolute atomic E-state index is 8.85. The average Bonchev–Trinajstić information content (AvgIpc) is 2.78. The zero-order chi connectivity index (χ0) is 13.1. The van der Waals surface area contributed by atoms with E-state index in [1.54, 1.807) is 6.07 Å². The van der Waals surface area contributed by atoms with Crippen molar-refractivity contribution in [3.05, 3.63) is 40.5 Å². The molecular weight excluding hydrogens is 292 g/mol. The number of aromatic nitrogens is 2. The van der Waals surface area contributed by atoms with Gasteiger partial charge in [0.25, 0.3) is 0 Å². The van der Waals surface area contributed by atoms with Crippen LogP contribution >= 0.6 is 15.9 Å². The van der Waals surface area contributed by atoms with Gasteiger partial charge in [-0.25, -0.2) is 0 Å². The monoisotopic (exact) mass is 304 g/mol. The highest BCUT2D eigenvalue weighted by molar-refractivity contribution is 9.10. The molecule has 0 saturated heterocycles. The number of hydrogen-bond acceptors (Lipinski definition) is 3. The van der Waals surface area contributed by atoms with E-state index >= 15 is 0 Å². The molecule has 0 fully saturated rings. The highest BCUT2D eigenvalue weighted by atomic mass is 79.9. The maximum atomic E-state index is 8.85. The third-order valence-electron chi connectivity index (χ3n) is 2.50. The van der Waals surface area contributed by atoms with E-state index in [1.165, 1.54) is 0 Å². The molecule has 0 amide bonds. The summed E-state index contributed by atoms with van der Waals surface area (Å²) in [5.41, 5.74) is 1.52. The number of anilines is 2. The summed E-state index contributed by atoms with van der Waals surface area (Å²) in [4.78, 5) is 0. The molecule has 0 unspecified atom stereocenters. The van der Waals surface area contributed by atoms with Crippen LogP contribution in [0.4, 0.5) is 11.5 Å². The van der Waals surface area contributed by atoms with Gasteiger partial charge in [0.15, 0.2) is 5.82 Å². The van der Waals surface area contributed by atoms with Crippen LogP contribution in [-0.2, 0) is 0 Å². The van der Waals surface area contributed by atoms with Gasteiger partial charge in [-0.1, -0.05) is 0 Å². The van der Waals surface area contributed by atoms with E-state index < -0.39 is 0 Å².